The smallest absolute Gasteiger partial charge is 0.407 e. The van der Waals surface area contributed by atoms with E-state index in [4.69, 9.17) is 18.9 Å². The van der Waals surface area contributed by atoms with Gasteiger partial charge < -0.3 is 29.2 Å². The first-order valence-corrected chi connectivity index (χ1v) is 10.3. The van der Waals surface area contributed by atoms with Crippen LogP contribution in [-0.2, 0) is 32.2 Å². The first-order valence-electron chi connectivity index (χ1n) is 10.3. The summed E-state index contributed by atoms with van der Waals surface area (Å²) in [7, 11) is 5.98. The lowest BCUT2D eigenvalue weighted by Gasteiger charge is -2.23. The lowest BCUT2D eigenvalue weighted by atomic mass is 10.1. The van der Waals surface area contributed by atoms with Crippen LogP contribution in [0.5, 0.6) is 11.5 Å². The molecule has 0 fully saturated rings. The molecule has 9 heteroatoms. The molecule has 33 heavy (non-hydrogen) atoms. The number of nitrogens with one attached hydrogen (secondary N) is 1. The summed E-state index contributed by atoms with van der Waals surface area (Å²) in [5.41, 5.74) is 1.58. The maximum atomic E-state index is 12.9. The SMILES string of the molecule is COC(=O)C[C@H](CC(=O)N(C)Cc1cc(OC)ccc1OC)NC(=O)OCc1ccccc1. The number of carbonyl (C=O) groups excluding carboxylic acids is 3. The maximum Gasteiger partial charge on any atom is 0.407 e. The normalized spacial score (nSPS) is 11.2. The largest absolute Gasteiger partial charge is 0.497 e. The van der Waals surface area contributed by atoms with Crippen molar-refractivity contribution in [3.63, 3.8) is 0 Å². The van der Waals surface area contributed by atoms with Crippen LogP contribution in [0.25, 0.3) is 0 Å². The molecule has 1 N–H and O–H groups in total. The second kappa shape index (κ2) is 12.9. The van der Waals surface area contributed by atoms with Crippen molar-refractivity contribution in [2.45, 2.75) is 32.0 Å². The van der Waals surface area contributed by atoms with Crippen molar-refractivity contribution in [1.82, 2.24) is 10.2 Å². The van der Waals surface area contributed by atoms with E-state index in [1.165, 1.54) is 12.0 Å². The molecular formula is C24H30N2O7. The predicted molar refractivity (Wildman–Crippen MR) is 121 cm³/mol. The third kappa shape index (κ3) is 8.36. The number of methoxy groups -OCH3 is 3. The van der Waals surface area contributed by atoms with Gasteiger partial charge in [-0.2, -0.15) is 0 Å². The van der Waals surface area contributed by atoms with Gasteiger partial charge in [-0.3, -0.25) is 9.59 Å². The van der Waals surface area contributed by atoms with Gasteiger partial charge in [0.25, 0.3) is 0 Å². The van der Waals surface area contributed by atoms with Crippen LogP contribution in [0.4, 0.5) is 4.79 Å². The van der Waals surface area contributed by atoms with Gasteiger partial charge in [-0.25, -0.2) is 4.79 Å². The van der Waals surface area contributed by atoms with Gasteiger partial charge >= 0.3 is 12.1 Å². The van der Waals surface area contributed by atoms with Crippen LogP contribution < -0.4 is 14.8 Å². The molecule has 0 bridgehead atoms. The van der Waals surface area contributed by atoms with Gasteiger partial charge in [0.1, 0.15) is 18.1 Å². The highest BCUT2D eigenvalue weighted by atomic mass is 16.5. The Hall–Kier alpha value is -3.75. The highest BCUT2D eigenvalue weighted by Crippen LogP contribution is 2.25. The second-order valence-electron chi connectivity index (χ2n) is 7.31. The van der Waals surface area contributed by atoms with E-state index in [1.807, 2.05) is 30.3 Å². The molecule has 0 radical (unpaired) electrons. The van der Waals surface area contributed by atoms with Gasteiger partial charge in [0.15, 0.2) is 0 Å². The molecule has 0 aliphatic rings. The number of hydrogen-bond acceptors (Lipinski definition) is 7. The van der Waals surface area contributed by atoms with Crippen molar-refractivity contribution < 1.29 is 33.3 Å². The number of nitrogens with zero attached hydrogens (tertiary/aromatic N) is 1. The third-order valence-electron chi connectivity index (χ3n) is 4.92. The fraction of sp³-hybridized carbons (Fsp3) is 0.375. The van der Waals surface area contributed by atoms with Gasteiger partial charge in [0, 0.05) is 25.6 Å². The van der Waals surface area contributed by atoms with Crippen molar-refractivity contribution >= 4 is 18.0 Å². The number of ether oxygens (including phenoxy) is 4. The first-order chi connectivity index (χ1) is 15.9. The zero-order valence-corrected chi connectivity index (χ0v) is 19.3. The van der Waals surface area contributed by atoms with E-state index < -0.39 is 18.1 Å². The second-order valence-corrected chi connectivity index (χ2v) is 7.31. The minimum Gasteiger partial charge on any atom is -0.497 e. The predicted octanol–water partition coefficient (Wildman–Crippen LogP) is 2.91. The lowest BCUT2D eigenvalue weighted by Crippen LogP contribution is -2.41. The molecule has 178 valence electrons. The molecule has 0 heterocycles. The number of amides is 2. The van der Waals surface area contributed by atoms with E-state index in [9.17, 15) is 14.4 Å². The minimum absolute atomic E-state index is 0.0705. The summed E-state index contributed by atoms with van der Waals surface area (Å²) in [6.45, 7) is 0.323. The summed E-state index contributed by atoms with van der Waals surface area (Å²) < 4.78 is 20.5. The maximum absolute atomic E-state index is 12.9. The molecule has 0 spiro atoms. The number of carbonyl (C=O) groups is 3. The Morgan fingerprint density at radius 3 is 2.33 bits per heavy atom. The Morgan fingerprint density at radius 2 is 1.70 bits per heavy atom. The molecule has 0 saturated carbocycles. The highest BCUT2D eigenvalue weighted by molar-refractivity contribution is 5.79. The van der Waals surface area contributed by atoms with Gasteiger partial charge in [0.2, 0.25) is 5.91 Å². The minimum atomic E-state index is -0.789. The van der Waals surface area contributed by atoms with E-state index >= 15 is 0 Å². The first kappa shape index (κ1) is 25.5. The van der Waals surface area contributed by atoms with Gasteiger partial charge in [0.05, 0.1) is 33.8 Å². The highest BCUT2D eigenvalue weighted by Gasteiger charge is 2.23. The van der Waals surface area contributed by atoms with Crippen molar-refractivity contribution in [1.29, 1.82) is 0 Å². The van der Waals surface area contributed by atoms with Crippen LogP contribution in [0.2, 0.25) is 0 Å². The molecule has 2 aromatic carbocycles. The van der Waals surface area contributed by atoms with Gasteiger partial charge in [-0.05, 0) is 23.8 Å². The summed E-state index contributed by atoms with van der Waals surface area (Å²) >= 11 is 0. The van der Waals surface area contributed by atoms with Crippen molar-refractivity contribution in [2.24, 2.45) is 0 Å². The summed E-state index contributed by atoms with van der Waals surface area (Å²) in [5, 5.41) is 2.59. The van der Waals surface area contributed by atoms with Gasteiger partial charge in [-0.1, -0.05) is 30.3 Å². The number of esters is 1. The Labute approximate surface area is 193 Å². The number of alkyl carbamates (subject to hydrolysis) is 1. The molecule has 2 amide bonds. The van der Waals surface area contributed by atoms with E-state index in [0.29, 0.717) is 11.5 Å². The van der Waals surface area contributed by atoms with Crippen LogP contribution in [-0.4, -0.2) is 57.3 Å². The number of benzene rings is 2. The van der Waals surface area contributed by atoms with Crippen LogP contribution in [0.3, 0.4) is 0 Å². The fourth-order valence-corrected chi connectivity index (χ4v) is 3.11. The Morgan fingerprint density at radius 1 is 0.970 bits per heavy atom. The Kier molecular flexibility index (Phi) is 10.0. The lowest BCUT2D eigenvalue weighted by molar-refractivity contribution is -0.141. The monoisotopic (exact) mass is 458 g/mol. The molecule has 0 saturated heterocycles. The van der Waals surface area contributed by atoms with E-state index in [1.54, 1.807) is 39.5 Å². The Bertz CT molecular complexity index is 934. The van der Waals surface area contributed by atoms with Gasteiger partial charge in [-0.15, -0.1) is 0 Å². The quantitative estimate of drug-likeness (QED) is 0.517. The van der Waals surface area contributed by atoms with Crippen LogP contribution >= 0.6 is 0 Å². The summed E-state index contributed by atoms with van der Waals surface area (Å²) in [4.78, 5) is 38.4. The topological polar surface area (TPSA) is 103 Å². The molecule has 0 unspecified atom stereocenters. The third-order valence-corrected chi connectivity index (χ3v) is 4.92. The standard InChI is InChI=1S/C24H30N2O7/c1-26(15-18-12-20(30-2)10-11-21(18)31-3)22(27)13-19(14-23(28)32-4)25-24(29)33-16-17-8-6-5-7-9-17/h5-12,19H,13-16H2,1-4H3,(H,25,29)/t19-/m0/s1. The number of hydrogen-bond donors (Lipinski definition) is 1. The molecule has 9 nitrogen and oxygen atoms in total. The number of rotatable bonds is 11. The summed E-state index contributed by atoms with van der Waals surface area (Å²) in [6, 6.07) is 13.7. The van der Waals surface area contributed by atoms with Crippen LogP contribution in [0, 0.1) is 0 Å². The van der Waals surface area contributed by atoms with Crippen LogP contribution in [0.1, 0.15) is 24.0 Å². The average molecular weight is 459 g/mol. The van der Waals surface area contributed by atoms with Crippen LogP contribution in [0.15, 0.2) is 48.5 Å². The van der Waals surface area contributed by atoms with Crippen molar-refractivity contribution in [3.05, 3.63) is 59.7 Å². The van der Waals surface area contributed by atoms with E-state index in [-0.39, 0.29) is 31.9 Å². The van der Waals surface area contributed by atoms with E-state index in [2.05, 4.69) is 5.32 Å². The van der Waals surface area contributed by atoms with Crippen molar-refractivity contribution in [2.75, 3.05) is 28.4 Å². The summed E-state index contributed by atoms with van der Waals surface area (Å²) in [5.74, 6) is 0.424. The molecule has 2 aromatic rings. The molecular weight excluding hydrogens is 428 g/mol. The zero-order valence-electron chi connectivity index (χ0n) is 19.3. The average Bonchev–Trinajstić information content (AvgIpc) is 2.83. The van der Waals surface area contributed by atoms with Crippen molar-refractivity contribution in [3.8, 4) is 11.5 Å². The zero-order chi connectivity index (χ0) is 24.2. The molecule has 0 aliphatic carbocycles. The molecule has 1 atom stereocenters. The molecule has 0 aliphatic heterocycles. The molecule has 2 rings (SSSR count). The molecule has 0 aromatic heterocycles. The fourth-order valence-electron chi connectivity index (χ4n) is 3.11. The Balaban J connectivity index is 2.00. The summed E-state index contributed by atoms with van der Waals surface area (Å²) in [6.07, 6.45) is -1.00. The van der Waals surface area contributed by atoms with E-state index in [0.717, 1.165) is 11.1 Å².